The van der Waals surface area contributed by atoms with E-state index < -0.39 is 0 Å². The van der Waals surface area contributed by atoms with Crippen LogP contribution in [0.2, 0.25) is 0 Å². The van der Waals surface area contributed by atoms with E-state index in [2.05, 4.69) is 28.6 Å². The quantitative estimate of drug-likeness (QED) is 0.472. The summed E-state index contributed by atoms with van der Waals surface area (Å²) < 4.78 is 14.0. The van der Waals surface area contributed by atoms with Crippen LogP contribution in [0.25, 0.3) is 0 Å². The lowest BCUT2D eigenvalue weighted by Gasteiger charge is -2.36. The molecule has 0 aliphatic carbocycles. The molecule has 166 valence electrons. The summed E-state index contributed by atoms with van der Waals surface area (Å²) in [6.07, 6.45) is 5.81. The topological polar surface area (TPSA) is 69.5 Å². The first kappa shape index (κ1) is 21.7. The van der Waals surface area contributed by atoms with Gasteiger partial charge in [0.2, 0.25) is 5.91 Å². The highest BCUT2D eigenvalue weighted by molar-refractivity contribution is 8.00. The number of thioether (sulfide) groups is 1. The summed E-state index contributed by atoms with van der Waals surface area (Å²) in [6, 6.07) is 7.95. The molecule has 0 unspecified atom stereocenters. The van der Waals surface area contributed by atoms with Gasteiger partial charge in [-0.25, -0.2) is 0 Å². The molecule has 0 spiro atoms. The van der Waals surface area contributed by atoms with Gasteiger partial charge in [0.15, 0.2) is 28.6 Å². The number of rotatable bonds is 7. The molecule has 0 radical (unpaired) electrons. The first-order valence-electron chi connectivity index (χ1n) is 11.0. The van der Waals surface area contributed by atoms with Crippen LogP contribution < -0.4 is 9.47 Å². The fourth-order valence-corrected chi connectivity index (χ4v) is 5.17. The molecular weight excluding hydrogens is 412 g/mol. The molecule has 1 aromatic carbocycles. The molecule has 3 atom stereocenters. The SMILES string of the molecule is C=CCn1c(S[C@H](C)C(=O)N2CCCC[C@H]2CC)nnc1[C@H]1COc2ccccc2O1. The Bertz CT molecular complexity index is 931. The normalized spacial score (nSPS) is 21.5. The van der Waals surface area contributed by atoms with Crippen molar-refractivity contribution in [2.24, 2.45) is 0 Å². The number of likely N-dealkylation sites (tertiary alicyclic amines) is 1. The lowest BCUT2D eigenvalue weighted by molar-refractivity contribution is -0.134. The number of ether oxygens (including phenoxy) is 2. The zero-order valence-electron chi connectivity index (χ0n) is 18.2. The Labute approximate surface area is 187 Å². The van der Waals surface area contributed by atoms with Crippen molar-refractivity contribution < 1.29 is 14.3 Å². The smallest absolute Gasteiger partial charge is 0.236 e. The van der Waals surface area contributed by atoms with Crippen molar-refractivity contribution in [2.75, 3.05) is 13.2 Å². The fraction of sp³-hybridized carbons (Fsp3) is 0.522. The number of allylic oxidation sites excluding steroid dienone is 1. The Hall–Kier alpha value is -2.48. The van der Waals surface area contributed by atoms with Gasteiger partial charge in [0.25, 0.3) is 0 Å². The fourth-order valence-electron chi connectivity index (χ4n) is 4.23. The zero-order chi connectivity index (χ0) is 21.8. The first-order chi connectivity index (χ1) is 15.1. The van der Waals surface area contributed by atoms with E-state index in [1.54, 1.807) is 6.08 Å². The number of aromatic nitrogens is 3. The van der Waals surface area contributed by atoms with Crippen molar-refractivity contribution in [3.05, 3.63) is 42.7 Å². The molecule has 0 N–H and O–H groups in total. The number of fused-ring (bicyclic) bond motifs is 1. The minimum absolute atomic E-state index is 0.178. The molecule has 1 amide bonds. The minimum Gasteiger partial charge on any atom is -0.485 e. The second kappa shape index (κ2) is 9.77. The molecule has 1 saturated heterocycles. The third kappa shape index (κ3) is 4.59. The van der Waals surface area contributed by atoms with E-state index in [9.17, 15) is 4.79 Å². The zero-order valence-corrected chi connectivity index (χ0v) is 19.0. The van der Waals surface area contributed by atoms with E-state index in [4.69, 9.17) is 9.47 Å². The molecule has 31 heavy (non-hydrogen) atoms. The molecule has 0 saturated carbocycles. The molecule has 1 fully saturated rings. The van der Waals surface area contributed by atoms with Gasteiger partial charge in [-0.15, -0.1) is 16.8 Å². The first-order valence-corrected chi connectivity index (χ1v) is 11.9. The van der Waals surface area contributed by atoms with Crippen molar-refractivity contribution >= 4 is 17.7 Å². The minimum atomic E-state index is -0.366. The third-order valence-electron chi connectivity index (χ3n) is 5.87. The van der Waals surface area contributed by atoms with Gasteiger partial charge in [0, 0.05) is 19.1 Å². The van der Waals surface area contributed by atoms with E-state index in [1.165, 1.54) is 18.2 Å². The largest absolute Gasteiger partial charge is 0.485 e. The molecular formula is C23H30N4O3S. The second-order valence-electron chi connectivity index (χ2n) is 7.95. The Morgan fingerprint density at radius 1 is 1.32 bits per heavy atom. The van der Waals surface area contributed by atoms with Crippen LogP contribution >= 0.6 is 11.8 Å². The van der Waals surface area contributed by atoms with Crippen LogP contribution in [0.5, 0.6) is 11.5 Å². The number of piperidine rings is 1. The van der Waals surface area contributed by atoms with Crippen molar-refractivity contribution in [2.45, 2.75) is 68.6 Å². The van der Waals surface area contributed by atoms with Gasteiger partial charge < -0.3 is 14.4 Å². The average molecular weight is 443 g/mol. The predicted molar refractivity (Wildman–Crippen MR) is 120 cm³/mol. The summed E-state index contributed by atoms with van der Waals surface area (Å²) in [6.45, 7) is 9.73. The Kier molecular flexibility index (Phi) is 6.85. The lowest BCUT2D eigenvalue weighted by atomic mass is 10.00. The number of benzene rings is 1. The number of hydrogen-bond donors (Lipinski definition) is 0. The summed E-state index contributed by atoms with van der Waals surface area (Å²) in [5, 5.41) is 9.25. The maximum Gasteiger partial charge on any atom is 0.236 e. The second-order valence-corrected chi connectivity index (χ2v) is 9.26. The Balaban J connectivity index is 1.51. The highest BCUT2D eigenvalue weighted by Gasteiger charge is 2.32. The van der Waals surface area contributed by atoms with E-state index >= 15 is 0 Å². The van der Waals surface area contributed by atoms with Crippen LogP contribution in [0.1, 0.15) is 51.5 Å². The average Bonchev–Trinajstić information content (AvgIpc) is 3.20. The number of hydrogen-bond acceptors (Lipinski definition) is 6. The molecule has 2 aliphatic rings. The number of amides is 1. The van der Waals surface area contributed by atoms with Crippen molar-refractivity contribution in [1.82, 2.24) is 19.7 Å². The van der Waals surface area contributed by atoms with Crippen molar-refractivity contribution in [3.63, 3.8) is 0 Å². The standard InChI is InChI=1S/C23H30N4O3S/c1-4-13-27-21(20-15-29-18-11-6-7-12-19(18)30-20)24-25-23(27)31-16(3)22(28)26-14-9-8-10-17(26)5-2/h4,6-7,11-12,16-17,20H,1,5,8-10,13-15H2,2-3H3/t16-,17-,20-/m1/s1. The number of para-hydroxylation sites is 2. The highest BCUT2D eigenvalue weighted by atomic mass is 32.2. The Morgan fingerprint density at radius 3 is 2.90 bits per heavy atom. The maximum absolute atomic E-state index is 13.2. The molecule has 4 rings (SSSR count). The van der Waals surface area contributed by atoms with Gasteiger partial charge in [-0.2, -0.15) is 0 Å². The molecule has 0 bridgehead atoms. The number of carbonyl (C=O) groups excluding carboxylic acids is 1. The van der Waals surface area contributed by atoms with Crippen LogP contribution in [0.4, 0.5) is 0 Å². The van der Waals surface area contributed by atoms with Crippen molar-refractivity contribution in [3.8, 4) is 11.5 Å². The summed E-state index contributed by atoms with van der Waals surface area (Å²) in [7, 11) is 0. The number of nitrogens with zero attached hydrogens (tertiary/aromatic N) is 4. The van der Waals surface area contributed by atoms with Crippen LogP contribution in [-0.2, 0) is 11.3 Å². The monoisotopic (exact) mass is 442 g/mol. The summed E-state index contributed by atoms with van der Waals surface area (Å²) in [5.41, 5.74) is 0. The van der Waals surface area contributed by atoms with Gasteiger partial charge in [-0.05, 0) is 44.7 Å². The van der Waals surface area contributed by atoms with Crippen LogP contribution in [0, 0.1) is 0 Å². The van der Waals surface area contributed by atoms with E-state index in [1.807, 2.05) is 35.8 Å². The molecule has 7 nitrogen and oxygen atoms in total. The van der Waals surface area contributed by atoms with Crippen LogP contribution in [-0.4, -0.2) is 50.0 Å². The van der Waals surface area contributed by atoms with E-state index in [0.717, 1.165) is 31.6 Å². The van der Waals surface area contributed by atoms with Gasteiger partial charge in [-0.1, -0.05) is 36.9 Å². The Morgan fingerprint density at radius 2 is 2.13 bits per heavy atom. The number of carbonyl (C=O) groups is 1. The van der Waals surface area contributed by atoms with Crippen LogP contribution in [0.3, 0.4) is 0 Å². The molecule has 2 aliphatic heterocycles. The maximum atomic E-state index is 13.2. The molecule has 3 heterocycles. The third-order valence-corrected chi connectivity index (χ3v) is 6.93. The van der Waals surface area contributed by atoms with E-state index in [-0.39, 0.29) is 17.3 Å². The summed E-state index contributed by atoms with van der Waals surface area (Å²) in [4.78, 5) is 15.2. The van der Waals surface area contributed by atoms with Crippen LogP contribution in [0.15, 0.2) is 42.1 Å². The molecule has 2 aromatic rings. The van der Waals surface area contributed by atoms with Gasteiger partial charge in [0.05, 0.1) is 5.25 Å². The molecule has 1 aromatic heterocycles. The van der Waals surface area contributed by atoms with E-state index in [0.29, 0.717) is 35.9 Å². The van der Waals surface area contributed by atoms with Gasteiger partial charge in [0.1, 0.15) is 6.61 Å². The predicted octanol–water partition coefficient (Wildman–Crippen LogP) is 4.25. The van der Waals surface area contributed by atoms with Gasteiger partial charge in [-0.3, -0.25) is 9.36 Å². The lowest BCUT2D eigenvalue weighted by Crippen LogP contribution is -2.46. The summed E-state index contributed by atoms with van der Waals surface area (Å²) in [5.74, 6) is 2.29. The van der Waals surface area contributed by atoms with Gasteiger partial charge >= 0.3 is 0 Å². The van der Waals surface area contributed by atoms with Crippen molar-refractivity contribution in [1.29, 1.82) is 0 Å². The summed E-state index contributed by atoms with van der Waals surface area (Å²) >= 11 is 1.45. The highest BCUT2D eigenvalue weighted by Crippen LogP contribution is 2.36. The molecule has 8 heteroatoms.